The van der Waals surface area contributed by atoms with Gasteiger partial charge >= 0.3 is 0 Å². The van der Waals surface area contributed by atoms with Crippen LogP contribution in [0.15, 0.2) is 0 Å². The van der Waals surface area contributed by atoms with E-state index in [1.54, 1.807) is 4.90 Å². The lowest BCUT2D eigenvalue weighted by molar-refractivity contribution is -0.150. The molecule has 1 aliphatic carbocycles. The molecular formula is C13H22N2O2S. The van der Waals surface area contributed by atoms with Gasteiger partial charge in [-0.25, -0.2) is 0 Å². The lowest BCUT2D eigenvalue weighted by Gasteiger charge is -2.42. The van der Waals surface area contributed by atoms with Gasteiger partial charge in [0, 0.05) is 11.3 Å². The zero-order chi connectivity index (χ0) is 13.4. The Morgan fingerprint density at radius 2 is 1.89 bits per heavy atom. The minimum atomic E-state index is -0.663. The van der Waals surface area contributed by atoms with Crippen molar-refractivity contribution < 1.29 is 9.59 Å². The van der Waals surface area contributed by atoms with Gasteiger partial charge in [0.05, 0.1) is 6.54 Å². The van der Waals surface area contributed by atoms with Gasteiger partial charge in [-0.2, -0.15) is 11.8 Å². The highest BCUT2D eigenvalue weighted by molar-refractivity contribution is 8.00. The third-order valence-electron chi connectivity index (χ3n) is 4.34. The van der Waals surface area contributed by atoms with E-state index in [0.29, 0.717) is 12.8 Å². The first-order valence-electron chi connectivity index (χ1n) is 6.66. The van der Waals surface area contributed by atoms with Gasteiger partial charge in [-0.05, 0) is 31.9 Å². The smallest absolute Gasteiger partial charge is 0.248 e. The van der Waals surface area contributed by atoms with Crippen LogP contribution in [0.2, 0.25) is 0 Å². The van der Waals surface area contributed by atoms with E-state index in [2.05, 4.69) is 11.6 Å². The van der Waals surface area contributed by atoms with Crippen molar-refractivity contribution in [2.75, 3.05) is 19.3 Å². The average Bonchev–Trinajstić information content (AvgIpc) is 3.14. The van der Waals surface area contributed by atoms with E-state index in [9.17, 15) is 9.59 Å². The lowest BCUT2D eigenvalue weighted by atomic mass is 9.89. The highest BCUT2D eigenvalue weighted by Crippen LogP contribution is 2.48. The zero-order valence-electron chi connectivity index (χ0n) is 11.4. The Bertz CT molecular complexity index is 362. The van der Waals surface area contributed by atoms with Gasteiger partial charge < -0.3 is 10.2 Å². The number of nitrogens with one attached hydrogen (secondary N) is 1. The number of hydrogen-bond donors (Lipinski definition) is 1. The Morgan fingerprint density at radius 3 is 2.33 bits per heavy atom. The van der Waals surface area contributed by atoms with Gasteiger partial charge in [-0.15, -0.1) is 0 Å². The Kier molecular flexibility index (Phi) is 3.63. The molecule has 4 nitrogen and oxygen atoms in total. The summed E-state index contributed by atoms with van der Waals surface area (Å²) in [5.74, 6) is 0.0858. The maximum absolute atomic E-state index is 12.6. The average molecular weight is 270 g/mol. The predicted molar refractivity (Wildman–Crippen MR) is 73.5 cm³/mol. The third-order valence-corrected chi connectivity index (χ3v) is 5.74. The monoisotopic (exact) mass is 270 g/mol. The van der Waals surface area contributed by atoms with Crippen molar-refractivity contribution >= 4 is 23.6 Å². The van der Waals surface area contributed by atoms with Gasteiger partial charge in [0.2, 0.25) is 11.8 Å². The summed E-state index contributed by atoms with van der Waals surface area (Å²) < 4.78 is 0.223. The second-order valence-corrected chi connectivity index (χ2v) is 6.66. The second-order valence-electron chi connectivity index (χ2n) is 5.39. The van der Waals surface area contributed by atoms with Crippen LogP contribution in [0.1, 0.15) is 39.5 Å². The third kappa shape index (κ3) is 2.25. The highest BCUT2D eigenvalue weighted by atomic mass is 32.2. The Labute approximate surface area is 113 Å². The largest absolute Gasteiger partial charge is 0.340 e. The van der Waals surface area contributed by atoms with Crippen LogP contribution in [0, 0.1) is 0 Å². The molecule has 0 unspecified atom stereocenters. The summed E-state index contributed by atoms with van der Waals surface area (Å²) in [6, 6.07) is 0. The number of carbonyl (C=O) groups excluding carboxylic acids is 2. The second kappa shape index (κ2) is 4.76. The van der Waals surface area contributed by atoms with Crippen molar-refractivity contribution in [3.05, 3.63) is 0 Å². The van der Waals surface area contributed by atoms with Crippen molar-refractivity contribution in [3.63, 3.8) is 0 Å². The van der Waals surface area contributed by atoms with Gasteiger partial charge in [0.15, 0.2) is 0 Å². The van der Waals surface area contributed by atoms with Crippen molar-refractivity contribution in [1.29, 1.82) is 0 Å². The summed E-state index contributed by atoms with van der Waals surface area (Å²) >= 11 is 1.82. The molecule has 2 rings (SSSR count). The molecule has 0 aromatic carbocycles. The summed E-state index contributed by atoms with van der Waals surface area (Å²) in [6.45, 7) is 4.88. The van der Waals surface area contributed by atoms with Gasteiger partial charge in [0.25, 0.3) is 0 Å². The normalized spacial score (nSPS) is 24.9. The van der Waals surface area contributed by atoms with Crippen LogP contribution in [0.5, 0.6) is 0 Å². The lowest BCUT2D eigenvalue weighted by Crippen LogP contribution is -2.67. The van der Waals surface area contributed by atoms with Crippen LogP contribution in [0.4, 0.5) is 0 Å². The number of amides is 2. The van der Waals surface area contributed by atoms with Crippen molar-refractivity contribution in [1.82, 2.24) is 10.2 Å². The SMILES string of the molecule is CCC1(CC)NC(=O)CN(CC2(SC)CC2)C1=O. The molecule has 0 aromatic rings. The Morgan fingerprint density at radius 1 is 1.28 bits per heavy atom. The maximum atomic E-state index is 12.6. The van der Waals surface area contributed by atoms with Crippen LogP contribution in [-0.2, 0) is 9.59 Å². The van der Waals surface area contributed by atoms with Crippen molar-refractivity contribution in [3.8, 4) is 0 Å². The number of thioether (sulfide) groups is 1. The Hall–Kier alpha value is -0.710. The van der Waals surface area contributed by atoms with Crippen molar-refractivity contribution in [2.45, 2.75) is 49.8 Å². The van der Waals surface area contributed by atoms with E-state index in [4.69, 9.17) is 0 Å². The molecule has 2 aliphatic rings. The van der Waals surface area contributed by atoms with Gasteiger partial charge in [-0.1, -0.05) is 13.8 Å². The first-order chi connectivity index (χ1) is 8.51. The summed E-state index contributed by atoms with van der Waals surface area (Å²) in [6.07, 6.45) is 5.73. The van der Waals surface area contributed by atoms with Crippen LogP contribution < -0.4 is 5.32 Å². The molecule has 1 heterocycles. The molecule has 18 heavy (non-hydrogen) atoms. The highest BCUT2D eigenvalue weighted by Gasteiger charge is 2.49. The molecule has 5 heteroatoms. The fourth-order valence-electron chi connectivity index (χ4n) is 2.68. The minimum Gasteiger partial charge on any atom is -0.340 e. The van der Waals surface area contributed by atoms with E-state index in [1.165, 1.54) is 0 Å². The molecule has 2 amide bonds. The standard InChI is InChI=1S/C13H22N2O2S/c1-4-13(5-2)11(17)15(8-10(16)14-13)9-12(18-3)6-7-12/h4-9H2,1-3H3,(H,14,16). The minimum absolute atomic E-state index is 0.0183. The van der Waals surface area contributed by atoms with Gasteiger partial charge in [0.1, 0.15) is 5.54 Å². The van der Waals surface area contributed by atoms with E-state index >= 15 is 0 Å². The fraction of sp³-hybridized carbons (Fsp3) is 0.846. The van der Waals surface area contributed by atoms with E-state index in [-0.39, 0.29) is 23.1 Å². The van der Waals surface area contributed by atoms with Crippen molar-refractivity contribution in [2.24, 2.45) is 0 Å². The van der Waals surface area contributed by atoms with Crippen LogP contribution >= 0.6 is 11.8 Å². The molecule has 0 spiro atoms. The number of nitrogens with zero attached hydrogens (tertiary/aromatic N) is 1. The molecule has 0 radical (unpaired) electrons. The first kappa shape index (κ1) is 13.7. The first-order valence-corrected chi connectivity index (χ1v) is 7.89. The topological polar surface area (TPSA) is 49.4 Å². The van der Waals surface area contributed by atoms with E-state index in [1.807, 2.05) is 25.6 Å². The molecule has 1 saturated heterocycles. The molecule has 0 bridgehead atoms. The molecular weight excluding hydrogens is 248 g/mol. The molecule has 0 aromatic heterocycles. The Balaban J connectivity index is 2.15. The maximum Gasteiger partial charge on any atom is 0.248 e. The number of rotatable bonds is 5. The molecule has 1 aliphatic heterocycles. The molecule has 2 fully saturated rings. The molecule has 102 valence electrons. The van der Waals surface area contributed by atoms with Crippen LogP contribution in [0.3, 0.4) is 0 Å². The van der Waals surface area contributed by atoms with E-state index in [0.717, 1.165) is 19.4 Å². The zero-order valence-corrected chi connectivity index (χ0v) is 12.2. The quantitative estimate of drug-likeness (QED) is 0.821. The number of carbonyl (C=O) groups is 2. The van der Waals surface area contributed by atoms with Crippen LogP contribution in [0.25, 0.3) is 0 Å². The molecule has 1 saturated carbocycles. The molecule has 1 N–H and O–H groups in total. The fourth-order valence-corrected chi connectivity index (χ4v) is 3.47. The number of piperazine rings is 1. The molecule has 0 atom stereocenters. The summed E-state index contributed by atoms with van der Waals surface area (Å²) in [4.78, 5) is 26.2. The predicted octanol–water partition coefficient (Wildman–Crippen LogP) is 1.40. The summed E-state index contributed by atoms with van der Waals surface area (Å²) in [5.41, 5.74) is -0.663. The summed E-state index contributed by atoms with van der Waals surface area (Å²) in [7, 11) is 0. The summed E-state index contributed by atoms with van der Waals surface area (Å²) in [5, 5.41) is 2.90. The number of hydrogen-bond acceptors (Lipinski definition) is 3. The van der Waals surface area contributed by atoms with Crippen LogP contribution in [-0.4, -0.2) is 46.3 Å². The van der Waals surface area contributed by atoms with E-state index < -0.39 is 5.54 Å². The van der Waals surface area contributed by atoms with Gasteiger partial charge in [-0.3, -0.25) is 9.59 Å².